The van der Waals surface area contributed by atoms with Crippen LogP contribution in [-0.4, -0.2) is 56.5 Å². The molecule has 1 fully saturated rings. The normalized spacial score (nSPS) is 23.4. The number of ether oxygens (including phenoxy) is 1. The lowest BCUT2D eigenvalue weighted by atomic mass is 9.84. The Morgan fingerprint density at radius 1 is 1.25 bits per heavy atom. The van der Waals surface area contributed by atoms with E-state index in [0.29, 0.717) is 13.2 Å². The van der Waals surface area contributed by atoms with Gasteiger partial charge in [-0.1, -0.05) is 20.8 Å². The van der Waals surface area contributed by atoms with Crippen molar-refractivity contribution >= 4 is 21.3 Å². The fourth-order valence-electron chi connectivity index (χ4n) is 2.59. The summed E-state index contributed by atoms with van der Waals surface area (Å²) < 4.78 is 12.0. The average Bonchev–Trinajstić information content (AvgIpc) is 2.75. The quantitative estimate of drug-likeness (QED) is 0.605. The molecule has 7 heteroatoms. The number of esters is 1. The predicted molar refractivity (Wildman–Crippen MR) is 101 cm³/mol. The maximum atomic E-state index is 12.0. The standard InChI is InChI=1S/C17H36BNO4Si/c1-16(2,3)15(20)22-12-13-10-14(11-19(13)18(7)21)23-24(8,9)17(4,5)6/h13-14,21H,10-12H2,1-9H3/t13-,14+/m1/s1. The van der Waals surface area contributed by atoms with Crippen LogP contribution in [0.25, 0.3) is 0 Å². The van der Waals surface area contributed by atoms with E-state index in [1.807, 2.05) is 25.6 Å². The van der Waals surface area contributed by atoms with Crippen LogP contribution >= 0.6 is 0 Å². The van der Waals surface area contributed by atoms with Crippen LogP contribution < -0.4 is 0 Å². The monoisotopic (exact) mass is 357 g/mol. The molecule has 0 amide bonds. The molecule has 0 spiro atoms. The fourth-order valence-corrected chi connectivity index (χ4v) is 3.94. The highest BCUT2D eigenvalue weighted by Gasteiger charge is 2.44. The van der Waals surface area contributed by atoms with Gasteiger partial charge < -0.3 is 19.0 Å². The molecule has 140 valence electrons. The van der Waals surface area contributed by atoms with E-state index in [1.54, 1.807) is 6.82 Å². The van der Waals surface area contributed by atoms with Crippen molar-refractivity contribution in [3.63, 3.8) is 0 Å². The first-order valence-corrected chi connectivity index (χ1v) is 11.8. The molecule has 1 saturated heterocycles. The lowest BCUT2D eigenvalue weighted by molar-refractivity contribution is -0.154. The van der Waals surface area contributed by atoms with Gasteiger partial charge in [0.2, 0.25) is 0 Å². The maximum absolute atomic E-state index is 12.0. The number of hydrogen-bond acceptors (Lipinski definition) is 5. The average molecular weight is 357 g/mol. The van der Waals surface area contributed by atoms with E-state index in [4.69, 9.17) is 9.16 Å². The first-order chi connectivity index (χ1) is 10.6. The second-order valence-electron chi connectivity index (χ2n) is 9.57. The Labute approximate surface area is 149 Å². The molecule has 0 aliphatic carbocycles. The van der Waals surface area contributed by atoms with Gasteiger partial charge in [0.05, 0.1) is 11.5 Å². The van der Waals surface area contributed by atoms with Gasteiger partial charge in [-0.2, -0.15) is 0 Å². The fraction of sp³-hybridized carbons (Fsp3) is 0.941. The SMILES string of the molecule is CB(O)N1C[C@@H](O[Si](C)(C)C(C)(C)C)C[C@@H]1COC(=O)C(C)(C)C. The molecule has 24 heavy (non-hydrogen) atoms. The van der Waals surface area contributed by atoms with Crippen molar-refractivity contribution in [1.82, 2.24) is 4.81 Å². The minimum atomic E-state index is -1.85. The summed E-state index contributed by atoms with van der Waals surface area (Å²) in [4.78, 5) is 14.0. The van der Waals surface area contributed by atoms with Crippen molar-refractivity contribution in [3.8, 4) is 0 Å². The van der Waals surface area contributed by atoms with Crippen molar-refractivity contribution < 1.29 is 19.0 Å². The molecule has 0 radical (unpaired) electrons. The molecule has 0 aromatic carbocycles. The highest BCUT2D eigenvalue weighted by atomic mass is 28.4. The predicted octanol–water partition coefficient (Wildman–Crippen LogP) is 3.15. The summed E-state index contributed by atoms with van der Waals surface area (Å²) in [7, 11) is -2.43. The van der Waals surface area contributed by atoms with Crippen molar-refractivity contribution in [3.05, 3.63) is 0 Å². The van der Waals surface area contributed by atoms with Gasteiger partial charge in [-0.25, -0.2) is 0 Å². The van der Waals surface area contributed by atoms with Crippen LogP contribution in [0.3, 0.4) is 0 Å². The highest BCUT2D eigenvalue weighted by Crippen LogP contribution is 2.39. The molecule has 1 N–H and O–H groups in total. The van der Waals surface area contributed by atoms with Crippen molar-refractivity contribution in [2.75, 3.05) is 13.2 Å². The summed E-state index contributed by atoms with van der Waals surface area (Å²) in [5.41, 5.74) is -0.509. The number of carbonyl (C=O) groups excluding carboxylic acids is 1. The summed E-state index contributed by atoms with van der Waals surface area (Å²) in [5.74, 6) is -0.207. The molecule has 0 unspecified atom stereocenters. The molecule has 0 aromatic rings. The summed E-state index contributed by atoms with van der Waals surface area (Å²) in [6, 6.07) is 0.00562. The van der Waals surface area contributed by atoms with Crippen LogP contribution in [0.5, 0.6) is 0 Å². The molecule has 0 aromatic heterocycles. The van der Waals surface area contributed by atoms with Crippen LogP contribution in [0.2, 0.25) is 25.0 Å². The Morgan fingerprint density at radius 2 is 1.79 bits per heavy atom. The lowest BCUT2D eigenvalue weighted by Gasteiger charge is -2.38. The summed E-state index contributed by atoms with van der Waals surface area (Å²) in [6.07, 6.45) is 0.869. The van der Waals surface area contributed by atoms with Crippen LogP contribution in [0.15, 0.2) is 0 Å². The molecule has 1 heterocycles. The Morgan fingerprint density at radius 3 is 2.21 bits per heavy atom. The zero-order chi connectivity index (χ0) is 18.9. The van der Waals surface area contributed by atoms with Gasteiger partial charge in [-0.15, -0.1) is 0 Å². The van der Waals surface area contributed by atoms with E-state index < -0.39 is 20.8 Å². The second kappa shape index (κ2) is 7.48. The van der Waals surface area contributed by atoms with Crippen LogP contribution in [0.4, 0.5) is 0 Å². The van der Waals surface area contributed by atoms with Gasteiger partial charge in [-0.05, 0) is 52.1 Å². The number of rotatable bonds is 5. The van der Waals surface area contributed by atoms with Gasteiger partial charge in [0.1, 0.15) is 6.61 Å². The Hall–Kier alpha value is -0.368. The summed E-state index contributed by atoms with van der Waals surface area (Å²) >= 11 is 0. The molecule has 2 atom stereocenters. The molecule has 1 rings (SSSR count). The zero-order valence-electron chi connectivity index (χ0n) is 17.0. The van der Waals surface area contributed by atoms with E-state index >= 15 is 0 Å². The molecule has 0 saturated carbocycles. The van der Waals surface area contributed by atoms with Crippen LogP contribution in [-0.2, 0) is 14.0 Å². The summed E-state index contributed by atoms with van der Waals surface area (Å²) in [6.45, 7) is 19.4. The van der Waals surface area contributed by atoms with Crippen LogP contribution in [0, 0.1) is 5.41 Å². The number of carbonyl (C=O) groups is 1. The smallest absolute Gasteiger partial charge is 0.376 e. The highest BCUT2D eigenvalue weighted by molar-refractivity contribution is 6.74. The number of hydrogen-bond donors (Lipinski definition) is 1. The van der Waals surface area contributed by atoms with Gasteiger partial charge >= 0.3 is 13.0 Å². The zero-order valence-corrected chi connectivity index (χ0v) is 18.0. The Balaban J connectivity index is 2.72. The summed E-state index contributed by atoms with van der Waals surface area (Å²) in [5, 5.41) is 10.2. The van der Waals surface area contributed by atoms with Gasteiger partial charge in [0.15, 0.2) is 8.32 Å². The first-order valence-electron chi connectivity index (χ1n) is 8.94. The minimum absolute atomic E-state index is 0.00562. The largest absolute Gasteiger partial charge is 0.464 e. The molecule has 1 aliphatic heterocycles. The molecule has 1 aliphatic rings. The Bertz CT molecular complexity index is 443. The van der Waals surface area contributed by atoms with Gasteiger partial charge in [0.25, 0.3) is 0 Å². The molecule has 0 bridgehead atoms. The van der Waals surface area contributed by atoms with Gasteiger partial charge in [-0.3, -0.25) is 4.79 Å². The van der Waals surface area contributed by atoms with E-state index in [2.05, 4.69) is 33.9 Å². The third-order valence-electron chi connectivity index (χ3n) is 5.19. The van der Waals surface area contributed by atoms with E-state index in [9.17, 15) is 9.82 Å². The Kier molecular flexibility index (Phi) is 6.75. The number of nitrogens with zero attached hydrogens (tertiary/aromatic N) is 1. The first kappa shape index (κ1) is 21.7. The van der Waals surface area contributed by atoms with Gasteiger partial charge in [0, 0.05) is 12.6 Å². The van der Waals surface area contributed by atoms with Crippen molar-refractivity contribution in [1.29, 1.82) is 0 Å². The van der Waals surface area contributed by atoms with E-state index in [1.165, 1.54) is 0 Å². The minimum Gasteiger partial charge on any atom is -0.464 e. The third-order valence-corrected chi connectivity index (χ3v) is 9.72. The molecular weight excluding hydrogens is 321 g/mol. The van der Waals surface area contributed by atoms with Crippen molar-refractivity contribution in [2.24, 2.45) is 5.41 Å². The third kappa shape index (κ3) is 5.58. The molecule has 5 nitrogen and oxygen atoms in total. The topological polar surface area (TPSA) is 59.0 Å². The maximum Gasteiger partial charge on any atom is 0.376 e. The molecular formula is C17H36BNO4Si. The second-order valence-corrected chi connectivity index (χ2v) is 14.3. The van der Waals surface area contributed by atoms with E-state index in [-0.39, 0.29) is 23.2 Å². The van der Waals surface area contributed by atoms with Crippen LogP contribution in [0.1, 0.15) is 48.0 Å². The van der Waals surface area contributed by atoms with E-state index in [0.717, 1.165) is 6.42 Å². The lowest BCUT2D eigenvalue weighted by Crippen LogP contribution is -2.46. The van der Waals surface area contributed by atoms with Crippen molar-refractivity contribution in [2.45, 2.75) is 85.1 Å².